The minimum absolute atomic E-state index is 0.0315. The van der Waals surface area contributed by atoms with Gasteiger partial charge in [-0.15, -0.1) is 0 Å². The first-order valence-corrected chi connectivity index (χ1v) is 7.31. The van der Waals surface area contributed by atoms with E-state index in [9.17, 15) is 9.59 Å². The van der Waals surface area contributed by atoms with Crippen LogP contribution in [0.5, 0.6) is 0 Å². The van der Waals surface area contributed by atoms with Gasteiger partial charge in [0.05, 0.1) is 6.61 Å². The topological polar surface area (TPSA) is 78.9 Å². The third kappa shape index (κ3) is 5.77. The van der Waals surface area contributed by atoms with Crippen LogP contribution in [0.2, 0.25) is 0 Å². The lowest BCUT2D eigenvalue weighted by Crippen LogP contribution is -2.52. The lowest BCUT2D eigenvalue weighted by atomic mass is 9.89. The molecule has 1 aliphatic heterocycles. The van der Waals surface area contributed by atoms with Gasteiger partial charge in [0.15, 0.2) is 0 Å². The maximum absolute atomic E-state index is 11.5. The molecule has 0 aromatic rings. The summed E-state index contributed by atoms with van der Waals surface area (Å²) >= 11 is 0. The summed E-state index contributed by atoms with van der Waals surface area (Å²) in [4.78, 5) is 24.5. The molecule has 0 aromatic carbocycles. The molecular weight excluding hydrogens is 260 g/mol. The van der Waals surface area contributed by atoms with Crippen LogP contribution in [0.15, 0.2) is 0 Å². The van der Waals surface area contributed by atoms with Crippen LogP contribution in [0.25, 0.3) is 0 Å². The zero-order valence-corrected chi connectivity index (χ0v) is 12.6. The molecule has 0 aliphatic carbocycles. The number of carboxylic acids is 1. The first-order valence-electron chi connectivity index (χ1n) is 7.31. The molecule has 1 saturated heterocycles. The molecule has 2 unspecified atom stereocenters. The van der Waals surface area contributed by atoms with Crippen molar-refractivity contribution in [3.63, 3.8) is 0 Å². The number of ether oxygens (including phenoxy) is 1. The number of carbonyl (C=O) groups is 2. The highest BCUT2D eigenvalue weighted by molar-refractivity contribution is 5.67. The largest absolute Gasteiger partial charge is 0.481 e. The number of aliphatic carboxylic acids is 1. The minimum Gasteiger partial charge on any atom is -0.481 e. The molecule has 0 aromatic heterocycles. The van der Waals surface area contributed by atoms with Crippen molar-refractivity contribution in [1.82, 2.24) is 10.2 Å². The van der Waals surface area contributed by atoms with Gasteiger partial charge >= 0.3 is 12.1 Å². The Bertz CT molecular complexity index is 333. The van der Waals surface area contributed by atoms with Gasteiger partial charge in [0.25, 0.3) is 0 Å². The van der Waals surface area contributed by atoms with Crippen molar-refractivity contribution in [2.24, 2.45) is 5.92 Å². The number of alkyl carbamates (subject to hydrolysis) is 1. The van der Waals surface area contributed by atoms with E-state index in [1.807, 2.05) is 0 Å². The first-order chi connectivity index (χ1) is 9.42. The van der Waals surface area contributed by atoms with Crippen LogP contribution in [-0.4, -0.2) is 53.8 Å². The standard InChI is InChI=1S/C14H26N2O4/c1-4-20-14(19)15-12-7-11(5-6-13(17)18)8-16(9-12)10(2)3/h10-12H,4-9H2,1-3H3,(H,15,19)(H,17,18). The van der Waals surface area contributed by atoms with E-state index >= 15 is 0 Å². The van der Waals surface area contributed by atoms with E-state index in [2.05, 4.69) is 24.1 Å². The molecule has 0 bridgehead atoms. The average Bonchev–Trinajstić information content (AvgIpc) is 2.36. The van der Waals surface area contributed by atoms with Crippen molar-refractivity contribution in [3.05, 3.63) is 0 Å². The zero-order valence-electron chi connectivity index (χ0n) is 12.6. The maximum Gasteiger partial charge on any atom is 0.407 e. The summed E-state index contributed by atoms with van der Waals surface area (Å²) in [6.45, 7) is 8.04. The Balaban J connectivity index is 2.55. The van der Waals surface area contributed by atoms with E-state index in [-0.39, 0.29) is 18.6 Å². The van der Waals surface area contributed by atoms with Crippen molar-refractivity contribution in [2.75, 3.05) is 19.7 Å². The molecule has 2 atom stereocenters. The lowest BCUT2D eigenvalue weighted by molar-refractivity contribution is -0.137. The van der Waals surface area contributed by atoms with E-state index in [4.69, 9.17) is 9.84 Å². The average molecular weight is 286 g/mol. The van der Waals surface area contributed by atoms with Gasteiger partial charge in [-0.1, -0.05) is 0 Å². The van der Waals surface area contributed by atoms with Crippen LogP contribution in [0.4, 0.5) is 4.79 Å². The second-order valence-electron chi connectivity index (χ2n) is 5.64. The van der Waals surface area contributed by atoms with Gasteiger partial charge in [-0.05, 0) is 39.5 Å². The molecule has 116 valence electrons. The van der Waals surface area contributed by atoms with Crippen molar-refractivity contribution in [1.29, 1.82) is 0 Å². The van der Waals surface area contributed by atoms with Gasteiger partial charge in [-0.2, -0.15) is 0 Å². The van der Waals surface area contributed by atoms with Gasteiger partial charge in [-0.3, -0.25) is 9.69 Å². The molecule has 1 fully saturated rings. The third-order valence-electron chi connectivity index (χ3n) is 3.66. The zero-order chi connectivity index (χ0) is 15.1. The van der Waals surface area contributed by atoms with Crippen LogP contribution in [0.3, 0.4) is 0 Å². The fourth-order valence-corrected chi connectivity index (χ4v) is 2.64. The molecule has 1 rings (SSSR count). The Hall–Kier alpha value is -1.30. The molecule has 0 saturated carbocycles. The van der Waals surface area contributed by atoms with E-state index in [0.717, 1.165) is 19.5 Å². The monoisotopic (exact) mass is 286 g/mol. The third-order valence-corrected chi connectivity index (χ3v) is 3.66. The van der Waals surface area contributed by atoms with Crippen LogP contribution < -0.4 is 5.32 Å². The van der Waals surface area contributed by atoms with Crippen molar-refractivity contribution < 1.29 is 19.4 Å². The normalized spacial score (nSPS) is 23.6. The van der Waals surface area contributed by atoms with Crippen molar-refractivity contribution >= 4 is 12.1 Å². The number of hydrogen-bond donors (Lipinski definition) is 2. The second-order valence-corrected chi connectivity index (χ2v) is 5.64. The molecule has 6 nitrogen and oxygen atoms in total. The SMILES string of the molecule is CCOC(=O)NC1CC(CCC(=O)O)CN(C(C)C)C1. The molecule has 0 spiro atoms. The number of hydrogen-bond acceptors (Lipinski definition) is 4. The van der Waals surface area contributed by atoms with Crippen LogP contribution >= 0.6 is 0 Å². The highest BCUT2D eigenvalue weighted by Gasteiger charge is 2.29. The van der Waals surface area contributed by atoms with Gasteiger partial charge in [0, 0.05) is 31.6 Å². The minimum atomic E-state index is -0.762. The summed E-state index contributed by atoms with van der Waals surface area (Å²) in [5.74, 6) is -0.462. The number of piperidine rings is 1. The summed E-state index contributed by atoms with van der Waals surface area (Å²) in [5, 5.41) is 11.7. The molecule has 2 N–H and O–H groups in total. The Morgan fingerprint density at radius 3 is 2.65 bits per heavy atom. The summed E-state index contributed by atoms with van der Waals surface area (Å²) < 4.78 is 4.91. The Morgan fingerprint density at radius 2 is 2.10 bits per heavy atom. The highest BCUT2D eigenvalue weighted by atomic mass is 16.5. The predicted molar refractivity (Wildman–Crippen MR) is 75.6 cm³/mol. The van der Waals surface area contributed by atoms with Gasteiger partial charge in [0.1, 0.15) is 0 Å². The first kappa shape index (κ1) is 16.8. The molecule has 0 radical (unpaired) electrons. The van der Waals surface area contributed by atoms with Gasteiger partial charge in [-0.25, -0.2) is 4.79 Å². The molecule has 6 heteroatoms. The fraction of sp³-hybridized carbons (Fsp3) is 0.857. The molecule has 1 amide bonds. The van der Waals surface area contributed by atoms with Crippen molar-refractivity contribution in [2.45, 2.75) is 52.1 Å². The molecular formula is C14H26N2O4. The van der Waals surface area contributed by atoms with Crippen LogP contribution in [-0.2, 0) is 9.53 Å². The molecule has 20 heavy (non-hydrogen) atoms. The lowest BCUT2D eigenvalue weighted by Gasteiger charge is -2.40. The van der Waals surface area contributed by atoms with E-state index < -0.39 is 5.97 Å². The molecule has 1 heterocycles. The van der Waals surface area contributed by atoms with E-state index in [0.29, 0.717) is 25.0 Å². The number of rotatable bonds is 6. The Morgan fingerprint density at radius 1 is 1.40 bits per heavy atom. The Kier molecular flexibility index (Phi) is 6.78. The van der Waals surface area contributed by atoms with E-state index in [1.54, 1.807) is 6.92 Å². The fourth-order valence-electron chi connectivity index (χ4n) is 2.64. The van der Waals surface area contributed by atoms with Gasteiger partial charge < -0.3 is 15.2 Å². The quantitative estimate of drug-likeness (QED) is 0.777. The Labute approximate surface area is 120 Å². The van der Waals surface area contributed by atoms with Crippen LogP contribution in [0, 0.1) is 5.92 Å². The summed E-state index contributed by atoms with van der Waals surface area (Å²) in [7, 11) is 0. The number of nitrogens with one attached hydrogen (secondary N) is 1. The summed E-state index contributed by atoms with van der Waals surface area (Å²) in [6, 6.07) is 0.415. The number of nitrogens with zero attached hydrogens (tertiary/aromatic N) is 1. The maximum atomic E-state index is 11.5. The number of carboxylic acid groups (broad SMARTS) is 1. The molecule has 1 aliphatic rings. The number of likely N-dealkylation sites (tertiary alicyclic amines) is 1. The highest BCUT2D eigenvalue weighted by Crippen LogP contribution is 2.23. The van der Waals surface area contributed by atoms with Gasteiger partial charge in [0.2, 0.25) is 0 Å². The summed E-state index contributed by atoms with van der Waals surface area (Å²) in [5.41, 5.74) is 0. The number of carbonyl (C=O) groups excluding carboxylic acids is 1. The second kappa shape index (κ2) is 8.09. The number of amides is 1. The van der Waals surface area contributed by atoms with E-state index in [1.165, 1.54) is 0 Å². The van der Waals surface area contributed by atoms with Crippen LogP contribution in [0.1, 0.15) is 40.0 Å². The van der Waals surface area contributed by atoms with Crippen molar-refractivity contribution in [3.8, 4) is 0 Å². The smallest absolute Gasteiger partial charge is 0.407 e. The predicted octanol–water partition coefficient (Wildman–Crippen LogP) is 1.70. The summed E-state index contributed by atoms with van der Waals surface area (Å²) in [6.07, 6.45) is 1.26.